The third kappa shape index (κ3) is 6.18. The average Bonchev–Trinajstić information content (AvgIpc) is 2.82. The van der Waals surface area contributed by atoms with Crippen LogP contribution in [0.3, 0.4) is 0 Å². The summed E-state index contributed by atoms with van der Waals surface area (Å²) in [6.45, 7) is 8.28. The number of carbonyl (C=O) groups is 2. The van der Waals surface area contributed by atoms with Crippen LogP contribution in [0, 0.1) is 12.8 Å². The maximum atomic E-state index is 13.0. The molecule has 0 bridgehead atoms. The molecule has 2 aromatic carbocycles. The first-order valence-corrected chi connectivity index (χ1v) is 11.4. The van der Waals surface area contributed by atoms with Gasteiger partial charge in [-0.05, 0) is 36.1 Å². The van der Waals surface area contributed by atoms with E-state index in [1.807, 2.05) is 53.1 Å². The van der Waals surface area contributed by atoms with Crippen LogP contribution in [0.5, 0.6) is 11.5 Å². The first-order valence-electron chi connectivity index (χ1n) is 11.4. The van der Waals surface area contributed by atoms with Gasteiger partial charge in [-0.25, -0.2) is 4.79 Å². The molecule has 1 N–H and O–H groups in total. The molecule has 3 amide bonds. The van der Waals surface area contributed by atoms with E-state index in [2.05, 4.69) is 25.2 Å². The van der Waals surface area contributed by atoms with Crippen molar-refractivity contribution >= 4 is 11.9 Å². The molecule has 3 rings (SSSR count). The van der Waals surface area contributed by atoms with Crippen molar-refractivity contribution in [3.63, 3.8) is 0 Å². The van der Waals surface area contributed by atoms with Crippen molar-refractivity contribution in [3.05, 3.63) is 59.2 Å². The second kappa shape index (κ2) is 11.1. The summed E-state index contributed by atoms with van der Waals surface area (Å²) >= 11 is 0. The molecule has 1 saturated heterocycles. The average molecular weight is 454 g/mol. The Morgan fingerprint density at radius 2 is 1.79 bits per heavy atom. The van der Waals surface area contributed by atoms with Crippen molar-refractivity contribution < 1.29 is 19.1 Å². The maximum absolute atomic E-state index is 13.0. The molecule has 1 fully saturated rings. The van der Waals surface area contributed by atoms with Crippen LogP contribution in [0.25, 0.3) is 0 Å². The van der Waals surface area contributed by atoms with E-state index in [-0.39, 0.29) is 30.3 Å². The zero-order valence-corrected chi connectivity index (χ0v) is 20.3. The molecule has 7 heteroatoms. The lowest BCUT2D eigenvalue weighted by Gasteiger charge is -2.43. The van der Waals surface area contributed by atoms with E-state index in [1.54, 1.807) is 14.2 Å². The highest BCUT2D eigenvalue weighted by Gasteiger charge is 2.34. The normalized spacial score (nSPS) is 16.0. The van der Waals surface area contributed by atoms with Crippen molar-refractivity contribution in [1.82, 2.24) is 15.1 Å². The molecular formula is C26H35N3O4. The number of hydrogen-bond acceptors (Lipinski definition) is 4. The van der Waals surface area contributed by atoms with Gasteiger partial charge in [0.05, 0.1) is 26.7 Å². The van der Waals surface area contributed by atoms with Crippen molar-refractivity contribution in [2.45, 2.75) is 39.8 Å². The van der Waals surface area contributed by atoms with Crippen molar-refractivity contribution in [2.24, 2.45) is 5.92 Å². The van der Waals surface area contributed by atoms with Gasteiger partial charge in [0.25, 0.3) is 0 Å². The lowest BCUT2D eigenvalue weighted by Crippen LogP contribution is -2.60. The minimum absolute atomic E-state index is 0.0365. The first-order chi connectivity index (χ1) is 15.8. The highest BCUT2D eigenvalue weighted by molar-refractivity contribution is 5.80. The van der Waals surface area contributed by atoms with Crippen LogP contribution in [-0.2, 0) is 17.8 Å². The van der Waals surface area contributed by atoms with Gasteiger partial charge in [-0.3, -0.25) is 4.79 Å². The van der Waals surface area contributed by atoms with Gasteiger partial charge >= 0.3 is 6.03 Å². The maximum Gasteiger partial charge on any atom is 0.318 e. The Morgan fingerprint density at radius 1 is 1.03 bits per heavy atom. The summed E-state index contributed by atoms with van der Waals surface area (Å²) in [7, 11) is 3.17. The second-order valence-electron chi connectivity index (χ2n) is 8.86. The van der Waals surface area contributed by atoms with Gasteiger partial charge in [-0.15, -0.1) is 0 Å². The van der Waals surface area contributed by atoms with Crippen LogP contribution in [0.15, 0.2) is 42.5 Å². The zero-order chi connectivity index (χ0) is 24.0. The number of urea groups is 1. The summed E-state index contributed by atoms with van der Waals surface area (Å²) in [4.78, 5) is 29.7. The Kier molecular flexibility index (Phi) is 8.20. The van der Waals surface area contributed by atoms with Crippen LogP contribution in [0.4, 0.5) is 4.79 Å². The van der Waals surface area contributed by atoms with Crippen LogP contribution in [0.2, 0.25) is 0 Å². The molecule has 178 valence electrons. The molecule has 7 nitrogen and oxygen atoms in total. The summed E-state index contributed by atoms with van der Waals surface area (Å²) in [5.74, 6) is 1.52. The number of hydrogen-bond donors (Lipinski definition) is 1. The number of amides is 3. The molecule has 0 aromatic heterocycles. The van der Waals surface area contributed by atoms with E-state index in [4.69, 9.17) is 9.47 Å². The van der Waals surface area contributed by atoms with Gasteiger partial charge in [-0.1, -0.05) is 49.7 Å². The SMILES string of the molecule is COc1ccc(CC(=O)N2CCN(C(=O)NCc3cccc(C)c3)C(C(C)C)C2)cc1OC. The molecule has 1 aliphatic rings. The Labute approximate surface area is 196 Å². The van der Waals surface area contributed by atoms with Crippen LogP contribution >= 0.6 is 0 Å². The molecule has 2 aromatic rings. The smallest absolute Gasteiger partial charge is 0.318 e. The largest absolute Gasteiger partial charge is 0.493 e. The van der Waals surface area contributed by atoms with Gasteiger partial charge in [0.2, 0.25) is 5.91 Å². The summed E-state index contributed by atoms with van der Waals surface area (Å²) in [5.41, 5.74) is 3.12. The number of nitrogens with zero attached hydrogens (tertiary/aromatic N) is 2. The molecule has 1 unspecified atom stereocenters. The summed E-state index contributed by atoms with van der Waals surface area (Å²) in [5, 5.41) is 3.05. The highest BCUT2D eigenvalue weighted by Crippen LogP contribution is 2.28. The third-order valence-corrected chi connectivity index (χ3v) is 6.13. The summed E-state index contributed by atoms with van der Waals surface area (Å²) in [6.07, 6.45) is 0.282. The fourth-order valence-electron chi connectivity index (χ4n) is 4.24. The molecule has 0 saturated carbocycles. The number of carbonyl (C=O) groups excluding carboxylic acids is 2. The van der Waals surface area contributed by atoms with Gasteiger partial charge in [0.15, 0.2) is 11.5 Å². The molecule has 1 atom stereocenters. The summed E-state index contributed by atoms with van der Waals surface area (Å²) in [6, 6.07) is 13.5. The molecule has 0 radical (unpaired) electrons. The first kappa shape index (κ1) is 24.4. The number of ether oxygens (including phenoxy) is 2. The number of piperazine rings is 1. The fraction of sp³-hybridized carbons (Fsp3) is 0.462. The van der Waals surface area contributed by atoms with Crippen molar-refractivity contribution in [2.75, 3.05) is 33.9 Å². The van der Waals surface area contributed by atoms with Gasteiger partial charge in [0.1, 0.15) is 0 Å². The molecule has 0 aliphatic carbocycles. The van der Waals surface area contributed by atoms with E-state index in [0.717, 1.165) is 11.1 Å². The fourth-order valence-corrected chi connectivity index (χ4v) is 4.24. The lowest BCUT2D eigenvalue weighted by molar-refractivity contribution is -0.133. The van der Waals surface area contributed by atoms with Gasteiger partial charge < -0.3 is 24.6 Å². The zero-order valence-electron chi connectivity index (χ0n) is 20.3. The number of benzene rings is 2. The molecule has 1 heterocycles. The number of nitrogens with one attached hydrogen (secondary N) is 1. The van der Waals surface area contributed by atoms with Crippen molar-refractivity contribution in [1.29, 1.82) is 0 Å². The van der Waals surface area contributed by atoms with Gasteiger partial charge in [-0.2, -0.15) is 0 Å². The Hall–Kier alpha value is -3.22. The third-order valence-electron chi connectivity index (χ3n) is 6.13. The monoisotopic (exact) mass is 453 g/mol. The molecule has 1 aliphatic heterocycles. The predicted molar refractivity (Wildman–Crippen MR) is 129 cm³/mol. The number of aryl methyl sites for hydroxylation is 1. The van der Waals surface area contributed by atoms with Crippen LogP contribution < -0.4 is 14.8 Å². The second-order valence-corrected chi connectivity index (χ2v) is 8.86. The quantitative estimate of drug-likeness (QED) is 0.695. The number of rotatable bonds is 7. The van der Waals surface area contributed by atoms with Crippen LogP contribution in [-0.4, -0.2) is 61.6 Å². The Morgan fingerprint density at radius 3 is 2.45 bits per heavy atom. The topological polar surface area (TPSA) is 71.1 Å². The summed E-state index contributed by atoms with van der Waals surface area (Å²) < 4.78 is 10.6. The standard InChI is InChI=1S/C26H35N3O4/c1-18(2)22-17-28(25(30)15-20-9-10-23(32-4)24(14-20)33-5)11-12-29(22)26(31)27-16-21-8-6-7-19(3)13-21/h6-10,13-14,18,22H,11-12,15-17H2,1-5H3,(H,27,31). The molecule has 33 heavy (non-hydrogen) atoms. The van der Waals surface area contributed by atoms with Crippen LogP contribution in [0.1, 0.15) is 30.5 Å². The Balaban J connectivity index is 1.61. The van der Waals surface area contributed by atoms with E-state index in [1.165, 1.54) is 5.56 Å². The van der Waals surface area contributed by atoms with Gasteiger partial charge in [0, 0.05) is 26.2 Å². The minimum atomic E-state index is -0.0813. The lowest BCUT2D eigenvalue weighted by atomic mass is 9.99. The number of methoxy groups -OCH3 is 2. The van der Waals surface area contributed by atoms with E-state index >= 15 is 0 Å². The molecule has 0 spiro atoms. The van der Waals surface area contributed by atoms with E-state index in [0.29, 0.717) is 37.7 Å². The molecular weight excluding hydrogens is 418 g/mol. The highest BCUT2D eigenvalue weighted by atomic mass is 16.5. The minimum Gasteiger partial charge on any atom is -0.493 e. The Bertz CT molecular complexity index is 976. The predicted octanol–water partition coefficient (Wildman–Crippen LogP) is 3.63. The van der Waals surface area contributed by atoms with E-state index in [9.17, 15) is 9.59 Å². The van der Waals surface area contributed by atoms with Crippen molar-refractivity contribution in [3.8, 4) is 11.5 Å². The van der Waals surface area contributed by atoms with E-state index < -0.39 is 0 Å².